The lowest BCUT2D eigenvalue weighted by Gasteiger charge is -2.13. The van der Waals surface area contributed by atoms with E-state index in [0.717, 1.165) is 24.8 Å². The number of hydrogen-bond donors (Lipinski definition) is 1. The molecule has 0 aliphatic carbocycles. The molecule has 138 valence electrons. The van der Waals surface area contributed by atoms with Crippen LogP contribution in [-0.4, -0.2) is 26.1 Å². The van der Waals surface area contributed by atoms with Gasteiger partial charge in [-0.1, -0.05) is 6.07 Å². The lowest BCUT2D eigenvalue weighted by molar-refractivity contribution is -0.137. The van der Waals surface area contributed by atoms with E-state index in [2.05, 4.69) is 10.1 Å². The van der Waals surface area contributed by atoms with Crippen molar-refractivity contribution in [2.75, 3.05) is 19.5 Å². The van der Waals surface area contributed by atoms with Gasteiger partial charge < -0.3 is 14.8 Å². The molecule has 8 heteroatoms. The fourth-order valence-corrected chi connectivity index (χ4v) is 2.26. The second-order valence-electron chi connectivity index (χ2n) is 5.43. The van der Waals surface area contributed by atoms with E-state index in [0.29, 0.717) is 11.8 Å². The van der Waals surface area contributed by atoms with Crippen LogP contribution in [0.15, 0.2) is 36.4 Å². The lowest BCUT2D eigenvalue weighted by Crippen LogP contribution is -2.15. The maximum Gasteiger partial charge on any atom is 0.416 e. The highest BCUT2D eigenvalue weighted by Gasteiger charge is 2.32. The van der Waals surface area contributed by atoms with Crippen molar-refractivity contribution in [3.63, 3.8) is 0 Å². The van der Waals surface area contributed by atoms with Crippen molar-refractivity contribution in [2.45, 2.75) is 13.1 Å². The zero-order valence-corrected chi connectivity index (χ0v) is 14.2. The molecule has 2 aromatic carbocycles. The molecular weight excluding hydrogens is 351 g/mol. The van der Waals surface area contributed by atoms with Gasteiger partial charge in [0, 0.05) is 11.3 Å². The molecule has 0 spiro atoms. The monoisotopic (exact) mass is 367 g/mol. The number of aryl methyl sites for hydroxylation is 1. The molecule has 0 aliphatic rings. The number of alkyl halides is 3. The van der Waals surface area contributed by atoms with Crippen LogP contribution in [0, 0.1) is 6.92 Å². The van der Waals surface area contributed by atoms with Crippen LogP contribution >= 0.6 is 0 Å². The zero-order valence-electron chi connectivity index (χ0n) is 14.2. The van der Waals surface area contributed by atoms with Gasteiger partial charge in [-0.05, 0) is 42.8 Å². The second-order valence-corrected chi connectivity index (χ2v) is 5.43. The summed E-state index contributed by atoms with van der Waals surface area (Å²) >= 11 is 0. The van der Waals surface area contributed by atoms with Crippen molar-refractivity contribution >= 4 is 17.6 Å². The van der Waals surface area contributed by atoms with Gasteiger partial charge in [0.05, 0.1) is 25.3 Å². The Kier molecular flexibility index (Phi) is 5.54. The highest BCUT2D eigenvalue weighted by atomic mass is 19.4. The quantitative estimate of drug-likeness (QED) is 0.828. The molecule has 0 bridgehead atoms. The Labute approximate surface area is 147 Å². The number of carbonyl (C=O) groups excluding carboxylic acids is 2. The van der Waals surface area contributed by atoms with Gasteiger partial charge in [-0.25, -0.2) is 4.79 Å². The van der Waals surface area contributed by atoms with Crippen LogP contribution in [0.3, 0.4) is 0 Å². The Hall–Kier alpha value is -3.03. The van der Waals surface area contributed by atoms with Crippen molar-refractivity contribution in [3.8, 4) is 5.75 Å². The summed E-state index contributed by atoms with van der Waals surface area (Å²) in [4.78, 5) is 23.9. The molecule has 0 heterocycles. The standard InChI is InChI=1S/C18H16F3NO4/c1-10-4-5-11(8-15(10)25-2)16(23)22-14-7-12(17(24)26-3)6-13(9-14)18(19,20)21/h4-9H,1-3H3,(H,22,23). The number of hydrogen-bond acceptors (Lipinski definition) is 4. The smallest absolute Gasteiger partial charge is 0.416 e. The minimum Gasteiger partial charge on any atom is -0.496 e. The first kappa shape index (κ1) is 19.3. The number of halogens is 3. The number of nitrogens with one attached hydrogen (secondary N) is 1. The van der Waals surface area contributed by atoms with Gasteiger partial charge in [0.1, 0.15) is 5.75 Å². The number of rotatable bonds is 4. The van der Waals surface area contributed by atoms with Gasteiger partial charge in [-0.2, -0.15) is 13.2 Å². The predicted octanol–water partition coefficient (Wildman–Crippen LogP) is 4.06. The number of benzene rings is 2. The molecule has 0 unspecified atom stereocenters. The van der Waals surface area contributed by atoms with Gasteiger partial charge in [0.15, 0.2) is 0 Å². The Balaban J connectivity index is 2.38. The van der Waals surface area contributed by atoms with Crippen LogP contribution in [0.2, 0.25) is 0 Å². The van der Waals surface area contributed by atoms with Gasteiger partial charge in [0.25, 0.3) is 5.91 Å². The molecule has 2 rings (SSSR count). The van der Waals surface area contributed by atoms with Crippen molar-refractivity contribution in [1.82, 2.24) is 0 Å². The van der Waals surface area contributed by atoms with Crippen LogP contribution < -0.4 is 10.1 Å². The van der Waals surface area contributed by atoms with E-state index >= 15 is 0 Å². The second kappa shape index (κ2) is 7.47. The van der Waals surface area contributed by atoms with Gasteiger partial charge in [-0.15, -0.1) is 0 Å². The van der Waals surface area contributed by atoms with Gasteiger partial charge >= 0.3 is 12.1 Å². The summed E-state index contributed by atoms with van der Waals surface area (Å²) in [5.41, 5.74) is -0.568. The van der Waals surface area contributed by atoms with E-state index < -0.39 is 23.6 Å². The number of methoxy groups -OCH3 is 2. The molecule has 5 nitrogen and oxygen atoms in total. The number of esters is 1. The van der Waals surface area contributed by atoms with Gasteiger partial charge in [0.2, 0.25) is 0 Å². The predicted molar refractivity (Wildman–Crippen MR) is 88.5 cm³/mol. The normalized spacial score (nSPS) is 11.0. The lowest BCUT2D eigenvalue weighted by atomic mass is 10.1. The van der Waals surface area contributed by atoms with Gasteiger partial charge in [-0.3, -0.25) is 4.79 Å². The topological polar surface area (TPSA) is 64.6 Å². The Bertz CT molecular complexity index is 847. The van der Waals surface area contributed by atoms with Crippen LogP contribution in [0.5, 0.6) is 5.75 Å². The molecule has 0 atom stereocenters. The summed E-state index contributed by atoms with van der Waals surface area (Å²) in [7, 11) is 2.50. The molecule has 1 N–H and O–H groups in total. The van der Waals surface area contributed by atoms with Crippen LogP contribution in [-0.2, 0) is 10.9 Å². The first-order chi connectivity index (χ1) is 12.2. The van der Waals surface area contributed by atoms with Crippen molar-refractivity contribution < 1.29 is 32.2 Å². The largest absolute Gasteiger partial charge is 0.496 e. The SMILES string of the molecule is COC(=O)c1cc(NC(=O)c2ccc(C)c(OC)c2)cc(C(F)(F)F)c1. The van der Waals surface area contributed by atoms with E-state index in [1.165, 1.54) is 19.2 Å². The highest BCUT2D eigenvalue weighted by Crippen LogP contribution is 2.32. The number of carbonyl (C=O) groups is 2. The first-order valence-corrected chi connectivity index (χ1v) is 7.42. The first-order valence-electron chi connectivity index (χ1n) is 7.42. The molecular formula is C18H16F3NO4. The van der Waals surface area contributed by atoms with E-state index in [9.17, 15) is 22.8 Å². The molecule has 0 aromatic heterocycles. The molecule has 0 fully saturated rings. The third kappa shape index (κ3) is 4.33. The minimum absolute atomic E-state index is 0.176. The Morgan fingerprint density at radius 3 is 2.27 bits per heavy atom. The summed E-state index contributed by atoms with van der Waals surface area (Å²) in [6.07, 6.45) is -4.68. The molecule has 0 saturated carbocycles. The van der Waals surface area contributed by atoms with E-state index in [1.54, 1.807) is 13.0 Å². The molecule has 0 saturated heterocycles. The van der Waals surface area contributed by atoms with Crippen molar-refractivity contribution in [2.24, 2.45) is 0 Å². The molecule has 2 aromatic rings. The van der Waals surface area contributed by atoms with Crippen LogP contribution in [0.4, 0.5) is 18.9 Å². The number of ether oxygens (including phenoxy) is 2. The summed E-state index contributed by atoms with van der Waals surface area (Å²) in [5, 5.41) is 2.36. The van der Waals surface area contributed by atoms with Crippen molar-refractivity contribution in [1.29, 1.82) is 0 Å². The molecule has 26 heavy (non-hydrogen) atoms. The molecule has 0 aliphatic heterocycles. The summed E-state index contributed by atoms with van der Waals surface area (Å²) in [6.45, 7) is 1.79. The number of amides is 1. The fraction of sp³-hybridized carbons (Fsp3) is 0.222. The Morgan fingerprint density at radius 1 is 1.00 bits per heavy atom. The molecule has 1 amide bonds. The average molecular weight is 367 g/mol. The maximum atomic E-state index is 13.0. The third-order valence-corrected chi connectivity index (χ3v) is 3.61. The highest BCUT2D eigenvalue weighted by molar-refractivity contribution is 6.05. The van der Waals surface area contributed by atoms with Crippen LogP contribution in [0.1, 0.15) is 31.8 Å². The van der Waals surface area contributed by atoms with Crippen LogP contribution in [0.25, 0.3) is 0 Å². The summed E-state index contributed by atoms with van der Waals surface area (Å²) in [5.74, 6) is -1.11. The maximum absolute atomic E-state index is 13.0. The average Bonchev–Trinajstić information content (AvgIpc) is 2.60. The molecule has 0 radical (unpaired) electrons. The Morgan fingerprint density at radius 2 is 1.69 bits per heavy atom. The fourth-order valence-electron chi connectivity index (χ4n) is 2.26. The van der Waals surface area contributed by atoms with E-state index in [4.69, 9.17) is 4.74 Å². The van der Waals surface area contributed by atoms with E-state index in [1.807, 2.05) is 0 Å². The third-order valence-electron chi connectivity index (χ3n) is 3.61. The summed E-state index contributed by atoms with van der Waals surface area (Å²) in [6, 6.07) is 7.16. The van der Waals surface area contributed by atoms with Crippen molar-refractivity contribution in [3.05, 3.63) is 58.7 Å². The minimum atomic E-state index is -4.68. The van der Waals surface area contributed by atoms with E-state index in [-0.39, 0.29) is 16.8 Å². The zero-order chi connectivity index (χ0) is 19.5. The number of anilines is 1. The summed E-state index contributed by atoms with van der Waals surface area (Å²) < 4.78 is 48.7.